The van der Waals surface area contributed by atoms with Crippen molar-refractivity contribution >= 4 is 130 Å². The van der Waals surface area contributed by atoms with E-state index in [-0.39, 0.29) is 96.9 Å². The van der Waals surface area contributed by atoms with Crippen LogP contribution in [0.25, 0.3) is 64.8 Å². The Labute approximate surface area is 827 Å². The number of allylic oxidation sites excluding steroid dienone is 3. The van der Waals surface area contributed by atoms with Crippen molar-refractivity contribution in [1.82, 2.24) is 64.3 Å². The summed E-state index contributed by atoms with van der Waals surface area (Å²) in [5, 5.41) is 26.7. The highest BCUT2D eigenvalue weighted by Gasteiger charge is 2.67. The van der Waals surface area contributed by atoms with E-state index < -0.39 is 86.4 Å². The van der Waals surface area contributed by atoms with Crippen molar-refractivity contribution in [2.75, 3.05) is 76.2 Å². The summed E-state index contributed by atoms with van der Waals surface area (Å²) in [4.78, 5) is 148. The summed E-state index contributed by atoms with van der Waals surface area (Å²) in [5.74, 6) is -2.31. The number of carboxylic acids is 1. The van der Waals surface area contributed by atoms with Crippen LogP contribution < -0.4 is 43.8 Å². The maximum atomic E-state index is 14.2. The van der Waals surface area contributed by atoms with Crippen molar-refractivity contribution in [2.24, 2.45) is 58.3 Å². The van der Waals surface area contributed by atoms with E-state index in [2.05, 4.69) is 74.4 Å². The van der Waals surface area contributed by atoms with Gasteiger partial charge < -0.3 is 63.6 Å². The molecule has 6 aliphatic carbocycles. The van der Waals surface area contributed by atoms with E-state index in [9.17, 15) is 51.9 Å². The quantitative estimate of drug-likeness (QED) is 0.0431. The lowest BCUT2D eigenvalue weighted by Crippen LogP contribution is -2.55. The topological polar surface area (TPSA) is 394 Å². The van der Waals surface area contributed by atoms with Gasteiger partial charge in [0.1, 0.15) is 96.0 Å². The Bertz CT molecular complexity index is 6510. The van der Waals surface area contributed by atoms with Gasteiger partial charge in [0.2, 0.25) is 29.5 Å². The molecule has 4 aliphatic heterocycles. The number of aliphatic imine (C=N–C) groups is 1. The number of esters is 1. The predicted octanol–water partition coefficient (Wildman–Crippen LogP) is 15.9. The first-order chi connectivity index (χ1) is 67.1. The molecule has 6 aromatic heterocycles. The summed E-state index contributed by atoms with van der Waals surface area (Å²) < 4.78 is 70.7. The molecule has 19 rings (SSSR count). The molecule has 32 nitrogen and oxygen atoms in total. The number of rotatable bonds is 19. The van der Waals surface area contributed by atoms with Crippen LogP contribution in [0.1, 0.15) is 192 Å². The number of ether oxygens (including phenoxy) is 7. The Kier molecular flexibility index (Phi) is 29.5. The summed E-state index contributed by atoms with van der Waals surface area (Å²) in [6, 6.07) is 22.6. The summed E-state index contributed by atoms with van der Waals surface area (Å²) in [7, 11) is 8.77. The van der Waals surface area contributed by atoms with Gasteiger partial charge in [0.05, 0.1) is 90.5 Å². The molecule has 3 aromatic carbocycles. The van der Waals surface area contributed by atoms with Crippen LogP contribution in [-0.2, 0) is 53.3 Å². The van der Waals surface area contributed by atoms with Crippen LogP contribution >= 0.6 is 34.0 Å². The standard InChI is InChI=1S/C36H46N6O7S2.C34H40N4O6S.C34H38N4O5S/c1-21(2)30-20-50-33(38-30)29-18-31(25-13-12-23(48-6)17-28(25)37-29)49-24-15-26-27(16-24)34(44)42(5)14-10-8-7-9-11-22-19-36(22,39-32(26)43)35(45)40-51(46,47)41(3)4;1-19(2)28-18-45-31(36-28)27-16-29(23-11-10-21(43-4)15-26(23)35-27)44-22-13-24-25(14-22)32(40)38(3)12-8-6-5-7-9-20-17-34(20,33(41)42)37-30(24)39;1-19(2)28-18-44-31(36-28)27-16-29(23-11-10-21(41-4)15-26(23)35-27)42-22-13-24-25(14-22)32(39)38(3)12-8-6-5-7-9-20-17-34(20)33(40)43-30(24)37-34/h9,11-13,17-18,20-22,24,26-27H,7-8,10,14-16,19H2,1-6H3,(H,39,43)(H,40,45);7,9-11,15-16,18-20,22,24-25H,5-6,8,12-14,17H2,1-4H3,(H,37,39)(H,41,42);7,9-11,15-16,18-20,22,24-25H,5-6,8,12-14,17H2,1-4H3/b11-9-;2*9-7-/t22-,24-,26-,27-,36-;2*20-,22-,24-,25-,34-/m111/s1. The number of carbonyl (C=O) groups excluding carboxylic acids is 7. The van der Waals surface area contributed by atoms with Crippen LogP contribution in [0.5, 0.6) is 34.5 Å². The Hall–Kier alpha value is -11.9. The van der Waals surface area contributed by atoms with E-state index in [0.717, 1.165) is 122 Å². The normalized spacial score (nSPS) is 27.7. The average molecular weight is 1990 g/mol. The maximum absolute atomic E-state index is 14.2. The highest BCUT2D eigenvalue weighted by atomic mass is 32.2. The van der Waals surface area contributed by atoms with Crippen LogP contribution in [-0.4, -0.2) is 227 Å². The number of nitrogens with zero attached hydrogens (tertiary/aromatic N) is 11. The summed E-state index contributed by atoms with van der Waals surface area (Å²) >= 11 is 4.59. The second-order valence-corrected chi connectivity index (χ2v) is 44.3. The van der Waals surface area contributed by atoms with E-state index in [1.165, 1.54) is 36.8 Å². The van der Waals surface area contributed by atoms with Gasteiger partial charge >= 0.3 is 22.1 Å². The highest BCUT2D eigenvalue weighted by molar-refractivity contribution is 7.87. The summed E-state index contributed by atoms with van der Waals surface area (Å²) in [6.45, 7) is 14.4. The molecule has 2 bridgehead atoms. The molecule has 6 fully saturated rings. The van der Waals surface area contributed by atoms with Gasteiger partial charge in [0, 0.05) is 141 Å². The van der Waals surface area contributed by atoms with Gasteiger partial charge in [0.25, 0.3) is 5.91 Å². The molecule has 15 atom stereocenters. The number of carboxylic acid groups (broad SMARTS) is 1. The number of aromatic nitrogens is 6. The number of amides is 6. The number of benzene rings is 3. The zero-order valence-electron chi connectivity index (χ0n) is 81.6. The molecule has 0 radical (unpaired) electrons. The third kappa shape index (κ3) is 21.1. The van der Waals surface area contributed by atoms with Crippen LogP contribution in [0, 0.1) is 53.3 Å². The van der Waals surface area contributed by atoms with Crippen molar-refractivity contribution < 1.29 is 85.0 Å². The van der Waals surface area contributed by atoms with Crippen molar-refractivity contribution in [3.63, 3.8) is 0 Å². The number of carbonyl (C=O) groups is 8. The van der Waals surface area contributed by atoms with Gasteiger partial charge in [-0.15, -0.1) is 34.0 Å². The Morgan fingerprint density at radius 3 is 1.19 bits per heavy atom. The monoisotopic (exact) mass is 1980 g/mol. The molecule has 6 amide bonds. The molecule has 10 heterocycles. The van der Waals surface area contributed by atoms with E-state index in [0.29, 0.717) is 120 Å². The maximum Gasteiger partial charge on any atom is 0.341 e. The number of hydrogen-bond acceptors (Lipinski definition) is 27. The molecule has 140 heavy (non-hydrogen) atoms. The molecule has 36 heteroatoms. The third-order valence-electron chi connectivity index (χ3n) is 28.9. The van der Waals surface area contributed by atoms with Crippen molar-refractivity contribution in [2.45, 2.75) is 210 Å². The highest BCUT2D eigenvalue weighted by Crippen LogP contribution is 2.55. The first-order valence-electron chi connectivity index (χ1n) is 48.6. The van der Waals surface area contributed by atoms with E-state index >= 15 is 0 Å². The molecule has 10 aliphatic rings. The molecular formula is C104H124N14O18S4. The molecule has 6 saturated carbocycles. The second kappa shape index (κ2) is 41.4. The molecule has 0 saturated heterocycles. The first kappa shape index (κ1) is 99.7. The van der Waals surface area contributed by atoms with Crippen molar-refractivity contribution in [1.29, 1.82) is 0 Å². The van der Waals surface area contributed by atoms with E-state index in [4.69, 9.17) is 68.1 Å². The number of pyridine rings is 3. The Balaban J connectivity index is 0.000000145. The fourth-order valence-electron chi connectivity index (χ4n) is 20.1. The molecule has 4 N–H and O–H groups in total. The number of fused-ring (bicyclic) bond motifs is 9. The molecular weight excluding hydrogens is 1860 g/mol. The zero-order chi connectivity index (χ0) is 99.1. The lowest BCUT2D eigenvalue weighted by atomic mass is 9.93. The fraction of sp³-hybridized carbons (Fsp3) is 0.510. The molecule has 742 valence electrons. The van der Waals surface area contributed by atoms with E-state index in [1.807, 2.05) is 120 Å². The van der Waals surface area contributed by atoms with Crippen LogP contribution in [0.3, 0.4) is 0 Å². The van der Waals surface area contributed by atoms with Gasteiger partial charge in [0.15, 0.2) is 11.4 Å². The van der Waals surface area contributed by atoms with Crippen LogP contribution in [0.2, 0.25) is 0 Å². The Morgan fingerprint density at radius 2 is 0.829 bits per heavy atom. The lowest BCUT2D eigenvalue weighted by molar-refractivity contribution is -0.145. The Morgan fingerprint density at radius 1 is 0.479 bits per heavy atom. The minimum atomic E-state index is -4.10. The smallest absolute Gasteiger partial charge is 0.341 e. The van der Waals surface area contributed by atoms with Gasteiger partial charge in [-0.1, -0.05) is 78.0 Å². The number of hydrogen-bond donors (Lipinski definition) is 4. The first-order valence-corrected chi connectivity index (χ1v) is 52.7. The van der Waals surface area contributed by atoms with Gasteiger partial charge in [-0.25, -0.2) is 49.2 Å². The SMILES string of the molecule is COc1ccc2c(O[C@@H]3C[C@H]4C(=O)N[C@]5(C(=O)NS(=O)(=O)N(C)C)C[C@H]5/C=C\CCCCN(C)C(=O)[C@@H]4C3)cc(-c3nc(C(C)C)cs3)nc2c1.COc1ccc2c(O[C@@H]3C[C@H]4C(=O)N[C@]5(C(=O)O)C[C@H]5/C=C\CCCCN(C)C(=O)[C@@H]4C3)cc(-c3nc(C(C)C)cs3)nc2c1.COc1ccc2c(O[C@H]3C[C@H]4C(=O)N(C)CCCC/C=C\[C@@H]5C[C@@]56N=C(OC6=O)[C@@H]4C3)cc(-c3nc(C(C)C)cs3)nc2c1. The number of methoxy groups -OCH3 is 3. The van der Waals surface area contributed by atoms with Crippen LogP contribution in [0.15, 0.2) is 130 Å². The number of nitrogens with one attached hydrogen (secondary N) is 3. The lowest BCUT2D eigenvalue weighted by Gasteiger charge is -2.27. The van der Waals surface area contributed by atoms with Gasteiger partial charge in [-0.3, -0.25) is 28.8 Å². The predicted molar refractivity (Wildman–Crippen MR) is 535 cm³/mol. The largest absolute Gasteiger partial charge is 0.497 e. The van der Waals surface area contributed by atoms with Gasteiger partial charge in [-0.2, -0.15) is 12.7 Å². The third-order valence-corrected chi connectivity index (χ3v) is 33.0. The molecule has 1 spiro atoms. The van der Waals surface area contributed by atoms with E-state index in [1.54, 1.807) is 56.6 Å². The molecule has 9 aromatic rings. The van der Waals surface area contributed by atoms with Crippen LogP contribution in [0.4, 0.5) is 0 Å². The summed E-state index contributed by atoms with van der Waals surface area (Å²) in [5.41, 5.74) is 3.52. The van der Waals surface area contributed by atoms with Crippen molar-refractivity contribution in [3.8, 4) is 66.6 Å². The number of aliphatic carboxylic acids is 1. The fourth-order valence-corrected chi connectivity index (χ4v) is 23.6. The minimum absolute atomic E-state index is 0.0507. The number of thiazole rings is 3. The average Bonchev–Trinajstić information content (AvgIpc) is 1.55. The minimum Gasteiger partial charge on any atom is -0.497 e. The second-order valence-electron chi connectivity index (χ2n) is 39.8. The summed E-state index contributed by atoms with van der Waals surface area (Å²) in [6.07, 6.45) is 21.9. The van der Waals surface area contributed by atoms with Crippen molar-refractivity contribution in [3.05, 3.63) is 142 Å². The van der Waals surface area contributed by atoms with Gasteiger partial charge in [-0.05, 0) is 170 Å². The molecule has 0 unspecified atom stereocenters. The zero-order valence-corrected chi connectivity index (χ0v) is 84.8.